The first-order valence-corrected chi connectivity index (χ1v) is 6.96. The topological polar surface area (TPSA) is 55.1 Å². The molecule has 110 valence electrons. The predicted octanol–water partition coefficient (Wildman–Crippen LogP) is 3.28. The Kier molecular flexibility index (Phi) is 5.06. The largest absolute Gasteiger partial charge is 0.330 e. The molecule has 2 aromatic rings. The van der Waals surface area contributed by atoms with E-state index in [1.54, 1.807) is 13.0 Å². The van der Waals surface area contributed by atoms with Gasteiger partial charge >= 0.3 is 0 Å². The van der Waals surface area contributed by atoms with Crippen molar-refractivity contribution in [3.63, 3.8) is 0 Å². The minimum Gasteiger partial charge on any atom is -0.330 e. The predicted molar refractivity (Wildman–Crippen MR) is 82.9 cm³/mol. The molecule has 0 aliphatic carbocycles. The summed E-state index contributed by atoms with van der Waals surface area (Å²) in [5, 5.41) is 2.79. The molecule has 2 aromatic carbocycles. The number of nitrogens with two attached hydrogens (primary N) is 1. The van der Waals surface area contributed by atoms with E-state index in [2.05, 4.69) is 5.32 Å². The van der Waals surface area contributed by atoms with Crippen LogP contribution in [-0.4, -0.2) is 12.5 Å². The van der Waals surface area contributed by atoms with E-state index < -0.39 is 5.82 Å². The third-order valence-electron chi connectivity index (χ3n) is 3.16. The van der Waals surface area contributed by atoms with Crippen LogP contribution in [-0.2, 0) is 6.42 Å². The van der Waals surface area contributed by atoms with Gasteiger partial charge in [0, 0.05) is 11.3 Å². The summed E-state index contributed by atoms with van der Waals surface area (Å²) in [6.45, 7) is 2.40. The number of hydrogen-bond acceptors (Lipinski definition) is 2. The maximum absolute atomic E-state index is 13.3. The van der Waals surface area contributed by atoms with E-state index >= 15 is 0 Å². The molecule has 0 fully saturated rings. The number of carbonyl (C=O) groups excluding carboxylic acids is 1. The number of halogens is 1. The third-order valence-corrected chi connectivity index (χ3v) is 3.16. The molecule has 0 radical (unpaired) electrons. The second kappa shape index (κ2) is 6.99. The van der Waals surface area contributed by atoms with Crippen molar-refractivity contribution in [2.24, 2.45) is 5.73 Å². The number of benzene rings is 2. The van der Waals surface area contributed by atoms with Gasteiger partial charge in [-0.25, -0.2) is 4.39 Å². The van der Waals surface area contributed by atoms with Crippen LogP contribution < -0.4 is 11.1 Å². The molecule has 3 nitrogen and oxygen atoms in total. The molecule has 4 heteroatoms. The fourth-order valence-electron chi connectivity index (χ4n) is 2.18. The van der Waals surface area contributed by atoms with E-state index in [1.807, 2.05) is 24.3 Å². The highest BCUT2D eigenvalue weighted by Gasteiger charge is 2.08. The van der Waals surface area contributed by atoms with Crippen LogP contribution in [0.15, 0.2) is 42.5 Å². The van der Waals surface area contributed by atoms with Gasteiger partial charge in [-0.2, -0.15) is 0 Å². The monoisotopic (exact) mass is 286 g/mol. The van der Waals surface area contributed by atoms with Gasteiger partial charge in [0.25, 0.3) is 5.91 Å². The van der Waals surface area contributed by atoms with Crippen molar-refractivity contribution in [1.29, 1.82) is 0 Å². The molecule has 0 atom stereocenters. The quantitative estimate of drug-likeness (QED) is 0.886. The zero-order chi connectivity index (χ0) is 15.2. The van der Waals surface area contributed by atoms with Gasteiger partial charge in [-0.3, -0.25) is 4.79 Å². The number of aryl methyl sites for hydroxylation is 2. The van der Waals surface area contributed by atoms with E-state index in [9.17, 15) is 9.18 Å². The molecule has 0 saturated heterocycles. The van der Waals surface area contributed by atoms with Crippen molar-refractivity contribution in [3.05, 3.63) is 65.0 Å². The first kappa shape index (κ1) is 15.2. The summed E-state index contributed by atoms with van der Waals surface area (Å²) >= 11 is 0. The van der Waals surface area contributed by atoms with Crippen LogP contribution in [0.25, 0.3) is 0 Å². The molecule has 0 heterocycles. The van der Waals surface area contributed by atoms with Crippen LogP contribution in [0, 0.1) is 12.7 Å². The van der Waals surface area contributed by atoms with Crippen LogP contribution >= 0.6 is 0 Å². The number of rotatable bonds is 5. The number of amides is 1. The second-order valence-corrected chi connectivity index (χ2v) is 5.06. The Hall–Kier alpha value is -2.20. The normalized spacial score (nSPS) is 10.4. The maximum atomic E-state index is 13.3. The van der Waals surface area contributed by atoms with Gasteiger partial charge in [-0.1, -0.05) is 12.1 Å². The summed E-state index contributed by atoms with van der Waals surface area (Å²) in [5.74, 6) is -0.717. The highest BCUT2D eigenvalue weighted by molar-refractivity contribution is 6.04. The van der Waals surface area contributed by atoms with Gasteiger partial charge in [-0.05, 0) is 67.8 Å². The van der Waals surface area contributed by atoms with Gasteiger partial charge < -0.3 is 11.1 Å². The van der Waals surface area contributed by atoms with E-state index in [4.69, 9.17) is 5.73 Å². The van der Waals surface area contributed by atoms with Crippen molar-refractivity contribution in [1.82, 2.24) is 0 Å². The Morgan fingerprint density at radius 2 is 2.05 bits per heavy atom. The number of carbonyl (C=O) groups is 1. The molecule has 0 unspecified atom stereocenters. The van der Waals surface area contributed by atoms with Gasteiger partial charge in [-0.15, -0.1) is 0 Å². The fourth-order valence-corrected chi connectivity index (χ4v) is 2.18. The number of hydrogen-bond donors (Lipinski definition) is 2. The Morgan fingerprint density at radius 3 is 2.76 bits per heavy atom. The summed E-state index contributed by atoms with van der Waals surface area (Å²) < 4.78 is 13.3. The highest BCUT2D eigenvalue weighted by Crippen LogP contribution is 2.15. The zero-order valence-electron chi connectivity index (χ0n) is 12.0. The van der Waals surface area contributed by atoms with Crippen molar-refractivity contribution >= 4 is 11.6 Å². The Labute approximate surface area is 124 Å². The lowest BCUT2D eigenvalue weighted by Crippen LogP contribution is -2.12. The van der Waals surface area contributed by atoms with E-state index in [-0.39, 0.29) is 5.91 Å². The molecular formula is C17H19FN2O. The third kappa shape index (κ3) is 4.39. The molecule has 1 amide bonds. The maximum Gasteiger partial charge on any atom is 0.255 e. The minimum absolute atomic E-state index is 0.312. The summed E-state index contributed by atoms with van der Waals surface area (Å²) in [6.07, 6.45) is 1.78. The molecule has 0 aromatic heterocycles. The van der Waals surface area contributed by atoms with Crippen LogP contribution in [0.2, 0.25) is 0 Å². The van der Waals surface area contributed by atoms with Gasteiger partial charge in [0.2, 0.25) is 0 Å². The van der Waals surface area contributed by atoms with Crippen LogP contribution in [0.4, 0.5) is 10.1 Å². The molecule has 2 rings (SSSR count). The van der Waals surface area contributed by atoms with Gasteiger partial charge in [0.1, 0.15) is 5.82 Å². The Morgan fingerprint density at radius 1 is 1.24 bits per heavy atom. The lowest BCUT2D eigenvalue weighted by atomic mass is 10.1. The highest BCUT2D eigenvalue weighted by atomic mass is 19.1. The standard InChI is InChI=1S/C17H19FN2O/c1-12-8-14(11-15(18)9-12)17(21)20-16-6-2-4-13(10-16)5-3-7-19/h2,4,6,8-11H,3,5,7,19H2,1H3,(H,20,21). The van der Waals surface area contributed by atoms with Crippen molar-refractivity contribution < 1.29 is 9.18 Å². The summed E-state index contributed by atoms with van der Waals surface area (Å²) in [4.78, 5) is 12.1. The molecule has 0 spiro atoms. The minimum atomic E-state index is -0.406. The Bertz CT molecular complexity index is 620. The first-order chi connectivity index (χ1) is 10.1. The molecule has 21 heavy (non-hydrogen) atoms. The zero-order valence-corrected chi connectivity index (χ0v) is 12.0. The van der Waals surface area contributed by atoms with Crippen molar-refractivity contribution in [2.75, 3.05) is 11.9 Å². The summed E-state index contributed by atoms with van der Waals surface area (Å²) in [5.41, 5.74) is 8.36. The second-order valence-electron chi connectivity index (χ2n) is 5.06. The van der Waals surface area contributed by atoms with Crippen LogP contribution in [0.1, 0.15) is 27.9 Å². The van der Waals surface area contributed by atoms with Gasteiger partial charge in [0.05, 0.1) is 0 Å². The van der Waals surface area contributed by atoms with Gasteiger partial charge in [0.15, 0.2) is 0 Å². The summed E-state index contributed by atoms with van der Waals surface area (Å²) in [6, 6.07) is 11.9. The molecule has 0 aliphatic rings. The van der Waals surface area contributed by atoms with Crippen molar-refractivity contribution in [2.45, 2.75) is 19.8 Å². The SMILES string of the molecule is Cc1cc(F)cc(C(=O)Nc2cccc(CCCN)c2)c1. The molecule has 0 bridgehead atoms. The van der Waals surface area contributed by atoms with Crippen LogP contribution in [0.3, 0.4) is 0 Å². The van der Waals surface area contributed by atoms with E-state index in [0.29, 0.717) is 17.8 Å². The molecule has 3 N–H and O–H groups in total. The van der Waals surface area contributed by atoms with E-state index in [1.165, 1.54) is 12.1 Å². The average molecular weight is 286 g/mol. The van der Waals surface area contributed by atoms with Crippen LogP contribution in [0.5, 0.6) is 0 Å². The average Bonchev–Trinajstić information content (AvgIpc) is 2.44. The van der Waals surface area contributed by atoms with Crippen molar-refractivity contribution in [3.8, 4) is 0 Å². The fraction of sp³-hybridized carbons (Fsp3) is 0.235. The molecule has 0 aliphatic heterocycles. The Balaban J connectivity index is 2.11. The lowest BCUT2D eigenvalue weighted by molar-refractivity contribution is 0.102. The van der Waals surface area contributed by atoms with E-state index in [0.717, 1.165) is 24.0 Å². The number of nitrogens with one attached hydrogen (secondary N) is 1. The lowest BCUT2D eigenvalue weighted by Gasteiger charge is -2.08. The first-order valence-electron chi connectivity index (χ1n) is 6.96. The summed E-state index contributed by atoms with van der Waals surface area (Å²) in [7, 11) is 0. The smallest absolute Gasteiger partial charge is 0.255 e. The molecule has 0 saturated carbocycles. The molecular weight excluding hydrogens is 267 g/mol. The number of anilines is 1.